The summed E-state index contributed by atoms with van der Waals surface area (Å²) in [4.78, 5) is 14.4. The Morgan fingerprint density at radius 3 is 2.75 bits per heavy atom. The zero-order valence-corrected chi connectivity index (χ0v) is 13.8. The minimum absolute atomic E-state index is 0.0772. The van der Waals surface area contributed by atoms with E-state index in [-0.39, 0.29) is 5.91 Å². The number of aryl methyl sites for hydroxylation is 1. The second-order valence-electron chi connectivity index (χ2n) is 5.69. The van der Waals surface area contributed by atoms with Gasteiger partial charge >= 0.3 is 0 Å². The maximum absolute atomic E-state index is 12.6. The summed E-state index contributed by atoms with van der Waals surface area (Å²) in [6, 6.07) is 8.78. The van der Waals surface area contributed by atoms with Gasteiger partial charge in [-0.05, 0) is 31.2 Å². The molecule has 0 saturated carbocycles. The lowest BCUT2D eigenvalue weighted by Crippen LogP contribution is -2.44. The molecular formula is C17H19N5O2. The van der Waals surface area contributed by atoms with Gasteiger partial charge in [0.1, 0.15) is 11.6 Å². The Kier molecular flexibility index (Phi) is 4.47. The molecule has 1 atom stereocenters. The number of nitriles is 1. The molecule has 2 heterocycles. The van der Waals surface area contributed by atoms with Crippen molar-refractivity contribution in [3.05, 3.63) is 41.5 Å². The highest BCUT2D eigenvalue weighted by atomic mass is 16.5. The summed E-state index contributed by atoms with van der Waals surface area (Å²) >= 11 is 0. The molecule has 0 spiro atoms. The smallest absolute Gasteiger partial charge is 0.263 e. The van der Waals surface area contributed by atoms with E-state index in [1.165, 1.54) is 0 Å². The summed E-state index contributed by atoms with van der Waals surface area (Å²) in [6.07, 6.45) is 0.233. The number of aromatic nitrogens is 3. The van der Waals surface area contributed by atoms with Crippen LogP contribution in [0.4, 0.5) is 0 Å². The van der Waals surface area contributed by atoms with Crippen LogP contribution in [0.3, 0.4) is 0 Å². The third-order valence-corrected chi connectivity index (χ3v) is 4.10. The van der Waals surface area contributed by atoms with E-state index < -0.39 is 6.10 Å². The van der Waals surface area contributed by atoms with Gasteiger partial charge in [-0.15, -0.1) is 10.2 Å². The number of carbonyl (C=O) groups is 1. The molecule has 3 rings (SSSR count). The molecule has 0 fully saturated rings. The molecule has 1 aliphatic rings. The average Bonchev–Trinajstić information content (AvgIpc) is 3.03. The van der Waals surface area contributed by atoms with Gasteiger partial charge in [-0.1, -0.05) is 6.92 Å². The van der Waals surface area contributed by atoms with Crippen molar-refractivity contribution in [2.24, 2.45) is 0 Å². The SMILES string of the molecule is CCc1nnc2n1CCN(C(=O)[C@H](C)Oc1ccc(C#N)cc1)C2. The molecular weight excluding hydrogens is 306 g/mol. The first-order chi connectivity index (χ1) is 11.6. The maximum atomic E-state index is 12.6. The van der Waals surface area contributed by atoms with Crippen LogP contribution < -0.4 is 4.74 Å². The summed E-state index contributed by atoms with van der Waals surface area (Å²) in [5, 5.41) is 17.1. The first-order valence-electron chi connectivity index (χ1n) is 7.99. The zero-order valence-electron chi connectivity index (χ0n) is 13.8. The Labute approximate surface area is 140 Å². The van der Waals surface area contributed by atoms with E-state index in [1.54, 1.807) is 36.1 Å². The fourth-order valence-corrected chi connectivity index (χ4v) is 2.79. The largest absolute Gasteiger partial charge is 0.481 e. The van der Waals surface area contributed by atoms with Crippen molar-refractivity contribution in [3.63, 3.8) is 0 Å². The second kappa shape index (κ2) is 6.71. The fourth-order valence-electron chi connectivity index (χ4n) is 2.79. The fraction of sp³-hybridized carbons (Fsp3) is 0.412. The molecule has 1 aliphatic heterocycles. The number of fused-ring (bicyclic) bond motifs is 1. The molecule has 2 aromatic rings. The minimum Gasteiger partial charge on any atom is -0.481 e. The molecule has 7 nitrogen and oxygen atoms in total. The molecule has 7 heteroatoms. The lowest BCUT2D eigenvalue weighted by atomic mass is 10.2. The molecule has 0 saturated heterocycles. The molecule has 1 aromatic heterocycles. The van der Waals surface area contributed by atoms with Crippen LogP contribution in [-0.4, -0.2) is 38.2 Å². The molecule has 124 valence electrons. The lowest BCUT2D eigenvalue weighted by Gasteiger charge is -2.30. The van der Waals surface area contributed by atoms with E-state index in [1.807, 2.05) is 6.92 Å². The van der Waals surface area contributed by atoms with Gasteiger partial charge in [-0.25, -0.2) is 0 Å². The van der Waals surface area contributed by atoms with E-state index >= 15 is 0 Å². The highest BCUT2D eigenvalue weighted by Crippen LogP contribution is 2.17. The molecule has 0 aliphatic carbocycles. The van der Waals surface area contributed by atoms with Crippen LogP contribution in [0.1, 0.15) is 31.1 Å². The van der Waals surface area contributed by atoms with Crippen molar-refractivity contribution in [2.75, 3.05) is 6.54 Å². The van der Waals surface area contributed by atoms with Crippen molar-refractivity contribution in [3.8, 4) is 11.8 Å². The van der Waals surface area contributed by atoms with Gasteiger partial charge in [-0.2, -0.15) is 5.26 Å². The normalized spacial score (nSPS) is 14.6. The van der Waals surface area contributed by atoms with E-state index in [2.05, 4.69) is 20.8 Å². The maximum Gasteiger partial charge on any atom is 0.263 e. The zero-order chi connectivity index (χ0) is 17.1. The van der Waals surface area contributed by atoms with Crippen molar-refractivity contribution in [1.29, 1.82) is 5.26 Å². The van der Waals surface area contributed by atoms with Gasteiger partial charge in [0.15, 0.2) is 11.9 Å². The van der Waals surface area contributed by atoms with Crippen LogP contribution in [0.2, 0.25) is 0 Å². The predicted octanol–water partition coefficient (Wildman–Crippen LogP) is 1.52. The molecule has 0 radical (unpaired) electrons. The number of amides is 1. The number of rotatable bonds is 4. The third kappa shape index (κ3) is 3.08. The molecule has 0 N–H and O–H groups in total. The van der Waals surface area contributed by atoms with E-state index in [0.29, 0.717) is 30.9 Å². The van der Waals surface area contributed by atoms with Crippen LogP contribution in [0.15, 0.2) is 24.3 Å². The Morgan fingerprint density at radius 1 is 1.33 bits per heavy atom. The number of benzene rings is 1. The Balaban J connectivity index is 1.64. The van der Waals surface area contributed by atoms with Gasteiger partial charge in [0.05, 0.1) is 18.2 Å². The minimum atomic E-state index is -0.599. The first kappa shape index (κ1) is 16.0. The van der Waals surface area contributed by atoms with E-state index in [0.717, 1.165) is 18.1 Å². The Morgan fingerprint density at radius 2 is 2.08 bits per heavy atom. The summed E-state index contributed by atoms with van der Waals surface area (Å²) in [6.45, 7) is 5.56. The number of ether oxygens (including phenoxy) is 1. The van der Waals surface area contributed by atoms with Gasteiger partial charge in [0, 0.05) is 19.5 Å². The van der Waals surface area contributed by atoms with Crippen molar-refractivity contribution < 1.29 is 9.53 Å². The van der Waals surface area contributed by atoms with Crippen molar-refractivity contribution in [1.82, 2.24) is 19.7 Å². The standard InChI is InChI=1S/C17H19N5O2/c1-3-15-19-20-16-11-21(8-9-22(15)16)17(23)12(2)24-14-6-4-13(10-18)5-7-14/h4-7,12H,3,8-9,11H2,1-2H3/t12-/m0/s1. The summed E-state index contributed by atoms with van der Waals surface area (Å²) < 4.78 is 7.78. The monoisotopic (exact) mass is 325 g/mol. The van der Waals surface area contributed by atoms with Gasteiger partial charge in [0.25, 0.3) is 5.91 Å². The van der Waals surface area contributed by atoms with Crippen LogP contribution in [0, 0.1) is 11.3 Å². The molecule has 0 bridgehead atoms. The summed E-state index contributed by atoms with van der Waals surface area (Å²) in [5.74, 6) is 2.27. The second-order valence-corrected chi connectivity index (χ2v) is 5.69. The quantitative estimate of drug-likeness (QED) is 0.851. The number of hydrogen-bond donors (Lipinski definition) is 0. The van der Waals surface area contributed by atoms with E-state index in [9.17, 15) is 4.79 Å². The van der Waals surface area contributed by atoms with Gasteiger partial charge < -0.3 is 14.2 Å². The van der Waals surface area contributed by atoms with Crippen LogP contribution in [0.25, 0.3) is 0 Å². The number of nitrogens with zero attached hydrogens (tertiary/aromatic N) is 5. The van der Waals surface area contributed by atoms with E-state index in [4.69, 9.17) is 10.00 Å². The molecule has 24 heavy (non-hydrogen) atoms. The first-order valence-corrected chi connectivity index (χ1v) is 7.99. The van der Waals surface area contributed by atoms with Crippen molar-refractivity contribution in [2.45, 2.75) is 39.5 Å². The van der Waals surface area contributed by atoms with Crippen molar-refractivity contribution >= 4 is 5.91 Å². The molecule has 1 aromatic carbocycles. The van der Waals surface area contributed by atoms with Crippen LogP contribution in [0.5, 0.6) is 5.75 Å². The Hall–Kier alpha value is -2.88. The van der Waals surface area contributed by atoms with Gasteiger partial charge in [0.2, 0.25) is 0 Å². The highest BCUT2D eigenvalue weighted by Gasteiger charge is 2.28. The van der Waals surface area contributed by atoms with Gasteiger partial charge in [-0.3, -0.25) is 4.79 Å². The predicted molar refractivity (Wildman–Crippen MR) is 86.1 cm³/mol. The molecule has 0 unspecified atom stereocenters. The lowest BCUT2D eigenvalue weighted by molar-refractivity contribution is -0.139. The molecule has 1 amide bonds. The average molecular weight is 325 g/mol. The third-order valence-electron chi connectivity index (χ3n) is 4.10. The number of hydrogen-bond acceptors (Lipinski definition) is 5. The van der Waals surface area contributed by atoms with Crippen LogP contribution in [-0.2, 0) is 24.3 Å². The topological polar surface area (TPSA) is 84.0 Å². The van der Waals surface area contributed by atoms with Crippen LogP contribution >= 0.6 is 0 Å². The highest BCUT2D eigenvalue weighted by molar-refractivity contribution is 5.81. The summed E-state index contributed by atoms with van der Waals surface area (Å²) in [5.41, 5.74) is 0.559. The Bertz CT molecular complexity index is 775. The number of carbonyl (C=O) groups excluding carboxylic acids is 1. The summed E-state index contributed by atoms with van der Waals surface area (Å²) in [7, 11) is 0.